The first kappa shape index (κ1) is 13.4. The highest BCUT2D eigenvalue weighted by atomic mass is 16.3. The zero-order valence-electron chi connectivity index (χ0n) is 11.9. The number of rotatable bonds is 4. The van der Waals surface area contributed by atoms with Crippen LogP contribution < -0.4 is 5.32 Å². The number of anilines is 1. The van der Waals surface area contributed by atoms with Gasteiger partial charge in [-0.25, -0.2) is 0 Å². The molecule has 2 aromatic carbocycles. The van der Waals surface area contributed by atoms with E-state index in [9.17, 15) is 4.79 Å². The van der Waals surface area contributed by atoms with Crippen LogP contribution in [-0.2, 0) is 17.6 Å². The maximum absolute atomic E-state index is 12.1. The lowest BCUT2D eigenvalue weighted by Gasteiger charge is -2.04. The first-order chi connectivity index (χ1) is 10.3. The second kappa shape index (κ2) is 5.83. The summed E-state index contributed by atoms with van der Waals surface area (Å²) in [4.78, 5) is 12.1. The molecule has 1 amide bonds. The average molecular weight is 279 g/mol. The lowest BCUT2D eigenvalue weighted by atomic mass is 10.1. The highest BCUT2D eigenvalue weighted by molar-refractivity contribution is 5.95. The number of furan rings is 1. The van der Waals surface area contributed by atoms with E-state index in [4.69, 9.17) is 4.42 Å². The maximum Gasteiger partial charge on any atom is 0.228 e. The van der Waals surface area contributed by atoms with Crippen molar-refractivity contribution in [2.24, 2.45) is 0 Å². The van der Waals surface area contributed by atoms with Gasteiger partial charge >= 0.3 is 0 Å². The van der Waals surface area contributed by atoms with E-state index in [1.165, 1.54) is 5.56 Å². The Labute approximate surface area is 123 Å². The van der Waals surface area contributed by atoms with Crippen molar-refractivity contribution in [3.8, 4) is 0 Å². The summed E-state index contributed by atoms with van der Waals surface area (Å²) < 4.78 is 5.52. The van der Waals surface area contributed by atoms with Gasteiger partial charge in [-0.1, -0.05) is 31.2 Å². The molecule has 0 spiro atoms. The monoisotopic (exact) mass is 279 g/mol. The van der Waals surface area contributed by atoms with Crippen molar-refractivity contribution in [3.05, 3.63) is 65.9 Å². The zero-order chi connectivity index (χ0) is 14.7. The molecule has 0 saturated heterocycles. The van der Waals surface area contributed by atoms with E-state index in [2.05, 4.69) is 24.4 Å². The molecule has 3 heteroatoms. The van der Waals surface area contributed by atoms with Crippen LogP contribution in [0, 0.1) is 0 Å². The van der Waals surface area contributed by atoms with E-state index in [-0.39, 0.29) is 5.91 Å². The molecule has 3 rings (SSSR count). The van der Waals surface area contributed by atoms with Crippen LogP contribution in [0.2, 0.25) is 0 Å². The van der Waals surface area contributed by atoms with Crippen molar-refractivity contribution in [1.82, 2.24) is 0 Å². The number of aryl methyl sites for hydroxylation is 1. The van der Waals surface area contributed by atoms with Crippen LogP contribution in [-0.4, -0.2) is 5.91 Å². The molecular weight excluding hydrogens is 262 g/mol. The van der Waals surface area contributed by atoms with Crippen LogP contribution in [0.25, 0.3) is 11.0 Å². The highest BCUT2D eigenvalue weighted by Gasteiger charge is 2.11. The molecule has 1 heterocycles. The number of carbonyl (C=O) groups is 1. The predicted octanol–water partition coefficient (Wildman–Crippen LogP) is 4.18. The van der Waals surface area contributed by atoms with Crippen molar-refractivity contribution < 1.29 is 9.21 Å². The van der Waals surface area contributed by atoms with Gasteiger partial charge in [0.1, 0.15) is 5.58 Å². The van der Waals surface area contributed by atoms with Gasteiger partial charge < -0.3 is 9.73 Å². The molecule has 0 unspecified atom stereocenters. The molecule has 3 aromatic rings. The highest BCUT2D eigenvalue weighted by Crippen LogP contribution is 2.23. The van der Waals surface area contributed by atoms with Crippen molar-refractivity contribution in [2.45, 2.75) is 19.8 Å². The second-order valence-electron chi connectivity index (χ2n) is 5.04. The van der Waals surface area contributed by atoms with E-state index in [0.717, 1.165) is 28.6 Å². The summed E-state index contributed by atoms with van der Waals surface area (Å²) in [5, 5.41) is 3.92. The molecule has 0 radical (unpaired) electrons. The van der Waals surface area contributed by atoms with E-state index >= 15 is 0 Å². The number of amides is 1. The average Bonchev–Trinajstić information content (AvgIpc) is 2.90. The van der Waals surface area contributed by atoms with Gasteiger partial charge in [-0.05, 0) is 36.2 Å². The molecule has 1 aromatic heterocycles. The Morgan fingerprint density at radius 3 is 2.71 bits per heavy atom. The number of hydrogen-bond donors (Lipinski definition) is 1. The third-order valence-corrected chi connectivity index (χ3v) is 3.53. The zero-order valence-corrected chi connectivity index (χ0v) is 11.9. The summed E-state index contributed by atoms with van der Waals surface area (Å²) in [5.41, 5.74) is 3.81. The molecule has 0 aliphatic rings. The third-order valence-electron chi connectivity index (χ3n) is 3.53. The van der Waals surface area contributed by atoms with E-state index < -0.39 is 0 Å². The Hall–Kier alpha value is -2.55. The maximum atomic E-state index is 12.1. The molecule has 0 saturated carbocycles. The quantitative estimate of drug-likeness (QED) is 0.778. The van der Waals surface area contributed by atoms with Gasteiger partial charge in [0.15, 0.2) is 0 Å². The number of carbonyl (C=O) groups excluding carboxylic acids is 1. The van der Waals surface area contributed by atoms with Gasteiger partial charge in [-0.3, -0.25) is 4.79 Å². The first-order valence-electron chi connectivity index (χ1n) is 7.10. The molecule has 21 heavy (non-hydrogen) atoms. The second-order valence-corrected chi connectivity index (χ2v) is 5.04. The van der Waals surface area contributed by atoms with Crippen molar-refractivity contribution in [1.29, 1.82) is 0 Å². The molecule has 1 N–H and O–H groups in total. The Bertz CT molecular complexity index is 759. The Kier molecular flexibility index (Phi) is 3.73. The Morgan fingerprint density at radius 1 is 1.14 bits per heavy atom. The number of fused-ring (bicyclic) bond motifs is 1. The van der Waals surface area contributed by atoms with Gasteiger partial charge in [-0.15, -0.1) is 0 Å². The summed E-state index contributed by atoms with van der Waals surface area (Å²) in [6, 6.07) is 15.6. The molecule has 0 aliphatic carbocycles. The van der Waals surface area contributed by atoms with Crippen LogP contribution in [0.1, 0.15) is 18.1 Å². The first-order valence-corrected chi connectivity index (χ1v) is 7.10. The van der Waals surface area contributed by atoms with Crippen LogP contribution in [0.5, 0.6) is 0 Å². The minimum Gasteiger partial charge on any atom is -0.464 e. The normalized spacial score (nSPS) is 10.7. The van der Waals surface area contributed by atoms with Gasteiger partial charge in [0.25, 0.3) is 0 Å². The number of nitrogens with one attached hydrogen (secondary N) is 1. The molecular formula is C18H17NO2. The number of para-hydroxylation sites is 1. The van der Waals surface area contributed by atoms with E-state index in [1.54, 1.807) is 6.26 Å². The van der Waals surface area contributed by atoms with Crippen LogP contribution in [0.4, 0.5) is 5.69 Å². The number of hydrogen-bond acceptors (Lipinski definition) is 2. The van der Waals surface area contributed by atoms with Gasteiger partial charge in [0, 0.05) is 16.6 Å². The molecule has 0 bridgehead atoms. The van der Waals surface area contributed by atoms with Gasteiger partial charge in [0.2, 0.25) is 5.91 Å². The molecule has 0 atom stereocenters. The molecule has 106 valence electrons. The summed E-state index contributed by atoms with van der Waals surface area (Å²) >= 11 is 0. The van der Waals surface area contributed by atoms with E-state index in [1.807, 2.05) is 36.4 Å². The summed E-state index contributed by atoms with van der Waals surface area (Å²) in [7, 11) is 0. The lowest BCUT2D eigenvalue weighted by molar-refractivity contribution is -0.115. The SMILES string of the molecule is CCc1ccc2occ(CC(=O)Nc3ccccc3)c2c1. The smallest absolute Gasteiger partial charge is 0.228 e. The molecule has 0 aliphatic heterocycles. The summed E-state index contributed by atoms with van der Waals surface area (Å²) in [6.07, 6.45) is 2.96. The fraction of sp³-hybridized carbons (Fsp3) is 0.167. The third kappa shape index (κ3) is 2.97. The van der Waals surface area contributed by atoms with Gasteiger partial charge in [-0.2, -0.15) is 0 Å². The fourth-order valence-electron chi connectivity index (χ4n) is 2.39. The van der Waals surface area contributed by atoms with Crippen molar-refractivity contribution in [3.63, 3.8) is 0 Å². The van der Waals surface area contributed by atoms with Crippen molar-refractivity contribution >= 4 is 22.6 Å². The van der Waals surface area contributed by atoms with Crippen LogP contribution in [0.15, 0.2) is 59.2 Å². The fourth-order valence-corrected chi connectivity index (χ4v) is 2.39. The topological polar surface area (TPSA) is 42.2 Å². The van der Waals surface area contributed by atoms with E-state index in [0.29, 0.717) is 6.42 Å². The lowest BCUT2D eigenvalue weighted by Crippen LogP contribution is -2.13. The summed E-state index contributed by atoms with van der Waals surface area (Å²) in [6.45, 7) is 2.11. The number of benzene rings is 2. The standard InChI is InChI=1S/C18H17NO2/c1-2-13-8-9-17-16(10-13)14(12-21-17)11-18(20)19-15-6-4-3-5-7-15/h3-10,12H,2,11H2,1H3,(H,19,20). The largest absolute Gasteiger partial charge is 0.464 e. The molecule has 0 fully saturated rings. The van der Waals surface area contributed by atoms with Crippen molar-refractivity contribution in [2.75, 3.05) is 5.32 Å². The molecule has 3 nitrogen and oxygen atoms in total. The predicted molar refractivity (Wildman–Crippen MR) is 84.4 cm³/mol. The Morgan fingerprint density at radius 2 is 1.95 bits per heavy atom. The van der Waals surface area contributed by atoms with Gasteiger partial charge in [0.05, 0.1) is 12.7 Å². The van der Waals surface area contributed by atoms with Crippen LogP contribution in [0.3, 0.4) is 0 Å². The van der Waals surface area contributed by atoms with Crippen LogP contribution >= 0.6 is 0 Å². The summed E-state index contributed by atoms with van der Waals surface area (Å²) in [5.74, 6) is -0.0363. The minimum absolute atomic E-state index is 0.0363. The Balaban J connectivity index is 1.79. The minimum atomic E-state index is -0.0363.